The highest BCUT2D eigenvalue weighted by Gasteiger charge is 2.31. The highest BCUT2D eigenvalue weighted by Crippen LogP contribution is 2.25. The lowest BCUT2D eigenvalue weighted by Gasteiger charge is -2.32. The maximum atomic E-state index is 13.3. The van der Waals surface area contributed by atoms with Gasteiger partial charge >= 0.3 is 0 Å². The molecule has 1 aromatic carbocycles. The summed E-state index contributed by atoms with van der Waals surface area (Å²) in [5, 5.41) is 3.13. The molecule has 1 saturated heterocycles. The minimum absolute atomic E-state index is 0. The highest BCUT2D eigenvalue weighted by molar-refractivity contribution is 7.89. The summed E-state index contributed by atoms with van der Waals surface area (Å²) in [6.07, 6.45) is 0. The largest absolute Gasteiger partial charge is 0.494 e. The summed E-state index contributed by atoms with van der Waals surface area (Å²) in [4.78, 5) is 0.0551. The number of ether oxygens (including phenoxy) is 1. The highest BCUT2D eigenvalue weighted by atomic mass is 35.5. The van der Waals surface area contributed by atoms with Crippen LogP contribution in [0.25, 0.3) is 0 Å². The predicted octanol–water partition coefficient (Wildman–Crippen LogP) is 1.24. The molecule has 1 aliphatic rings. The van der Waals surface area contributed by atoms with Crippen molar-refractivity contribution < 1.29 is 17.5 Å². The molecule has 0 aromatic heterocycles. The van der Waals surface area contributed by atoms with Gasteiger partial charge in [-0.25, -0.2) is 12.8 Å². The third-order valence-electron chi connectivity index (χ3n) is 3.17. The van der Waals surface area contributed by atoms with Crippen molar-refractivity contribution in [3.05, 3.63) is 24.0 Å². The molecule has 0 bridgehead atoms. The van der Waals surface area contributed by atoms with E-state index in [1.54, 1.807) is 0 Å². The Kier molecular flexibility index (Phi) is 5.76. The van der Waals surface area contributed by atoms with Crippen molar-refractivity contribution >= 4 is 22.4 Å². The van der Waals surface area contributed by atoms with Crippen LogP contribution in [-0.2, 0) is 10.0 Å². The first kappa shape index (κ1) is 17.2. The van der Waals surface area contributed by atoms with Crippen molar-refractivity contribution in [3.8, 4) is 5.75 Å². The van der Waals surface area contributed by atoms with Crippen LogP contribution < -0.4 is 10.1 Å². The van der Waals surface area contributed by atoms with Crippen LogP contribution in [0.2, 0.25) is 0 Å². The van der Waals surface area contributed by atoms with Gasteiger partial charge in [0.25, 0.3) is 0 Å². The summed E-state index contributed by atoms with van der Waals surface area (Å²) in [6.45, 7) is 3.47. The molecule has 20 heavy (non-hydrogen) atoms. The molecule has 0 spiro atoms. The van der Waals surface area contributed by atoms with E-state index >= 15 is 0 Å². The van der Waals surface area contributed by atoms with Crippen LogP contribution in [-0.4, -0.2) is 45.5 Å². The van der Waals surface area contributed by atoms with Crippen LogP contribution in [0.5, 0.6) is 5.75 Å². The van der Waals surface area contributed by atoms with Gasteiger partial charge in [-0.15, -0.1) is 12.4 Å². The van der Waals surface area contributed by atoms with E-state index < -0.39 is 15.8 Å². The topological polar surface area (TPSA) is 58.6 Å². The van der Waals surface area contributed by atoms with Gasteiger partial charge in [0.15, 0.2) is 11.6 Å². The van der Waals surface area contributed by atoms with Crippen LogP contribution >= 0.6 is 12.4 Å². The first-order valence-electron chi connectivity index (χ1n) is 6.03. The van der Waals surface area contributed by atoms with Gasteiger partial charge < -0.3 is 10.1 Å². The summed E-state index contributed by atoms with van der Waals surface area (Å²) in [5.41, 5.74) is 0. The zero-order chi connectivity index (χ0) is 14.0. The number of sulfonamides is 1. The second kappa shape index (κ2) is 6.71. The number of hydrogen-bond donors (Lipinski definition) is 1. The Hall–Kier alpha value is -0.890. The van der Waals surface area contributed by atoms with Gasteiger partial charge in [0.2, 0.25) is 10.0 Å². The van der Waals surface area contributed by atoms with Crippen molar-refractivity contribution in [2.45, 2.75) is 17.9 Å². The summed E-state index contributed by atoms with van der Waals surface area (Å²) < 4.78 is 44.6. The van der Waals surface area contributed by atoms with Gasteiger partial charge in [0, 0.05) is 31.7 Å². The molecular weight excluding hydrogens is 307 g/mol. The van der Waals surface area contributed by atoms with Crippen molar-refractivity contribution in [2.75, 3.05) is 26.7 Å². The number of methoxy groups -OCH3 is 1. The minimum Gasteiger partial charge on any atom is -0.494 e. The molecular formula is C12H18ClFN2O3S. The first-order valence-corrected chi connectivity index (χ1v) is 7.47. The molecule has 8 heteroatoms. The van der Waals surface area contributed by atoms with Crippen LogP contribution in [0.1, 0.15) is 6.92 Å². The molecule has 0 saturated carbocycles. The Labute approximate surface area is 124 Å². The molecule has 1 aliphatic heterocycles. The molecule has 1 N–H and O–H groups in total. The standard InChI is InChI=1S/C12H17FN2O3S.ClH/c1-9-8-14-5-6-15(9)19(16,17)10-3-4-11(13)12(7-10)18-2;/h3-4,7,9,14H,5-6,8H2,1-2H3;1H. The van der Waals surface area contributed by atoms with Crippen LogP contribution in [0.3, 0.4) is 0 Å². The van der Waals surface area contributed by atoms with E-state index in [-0.39, 0.29) is 29.1 Å². The van der Waals surface area contributed by atoms with E-state index in [1.165, 1.54) is 23.5 Å². The number of piperazine rings is 1. The van der Waals surface area contributed by atoms with Crippen LogP contribution in [0, 0.1) is 5.82 Å². The lowest BCUT2D eigenvalue weighted by molar-refractivity contribution is 0.283. The Bertz CT molecular complexity index is 568. The molecule has 0 amide bonds. The lowest BCUT2D eigenvalue weighted by Crippen LogP contribution is -2.52. The quantitative estimate of drug-likeness (QED) is 0.909. The molecule has 1 unspecified atom stereocenters. The number of halogens is 2. The lowest BCUT2D eigenvalue weighted by atomic mass is 10.3. The molecule has 1 atom stereocenters. The maximum absolute atomic E-state index is 13.3. The monoisotopic (exact) mass is 324 g/mol. The number of benzene rings is 1. The van der Waals surface area contributed by atoms with Gasteiger partial charge in [-0.1, -0.05) is 0 Å². The zero-order valence-corrected chi connectivity index (χ0v) is 12.9. The average Bonchev–Trinajstić information content (AvgIpc) is 2.39. The third kappa shape index (κ3) is 3.22. The van der Waals surface area contributed by atoms with E-state index in [4.69, 9.17) is 4.74 Å². The maximum Gasteiger partial charge on any atom is 0.243 e. The normalized spacial score (nSPS) is 20.2. The number of hydrogen-bond acceptors (Lipinski definition) is 4. The van der Waals surface area contributed by atoms with Crippen molar-refractivity contribution in [1.82, 2.24) is 9.62 Å². The van der Waals surface area contributed by atoms with Gasteiger partial charge in [-0.05, 0) is 19.1 Å². The Morgan fingerprint density at radius 1 is 1.45 bits per heavy atom. The van der Waals surface area contributed by atoms with Crippen molar-refractivity contribution in [3.63, 3.8) is 0 Å². The van der Waals surface area contributed by atoms with E-state index in [0.717, 1.165) is 6.07 Å². The molecule has 0 radical (unpaired) electrons. The molecule has 1 heterocycles. The van der Waals surface area contributed by atoms with E-state index in [1.807, 2.05) is 6.92 Å². The fraction of sp³-hybridized carbons (Fsp3) is 0.500. The summed E-state index contributed by atoms with van der Waals surface area (Å²) >= 11 is 0. The smallest absolute Gasteiger partial charge is 0.243 e. The molecule has 0 aliphatic carbocycles. The van der Waals surface area contributed by atoms with Crippen molar-refractivity contribution in [1.29, 1.82) is 0 Å². The van der Waals surface area contributed by atoms with Crippen molar-refractivity contribution in [2.24, 2.45) is 0 Å². The summed E-state index contributed by atoms with van der Waals surface area (Å²) in [5.74, 6) is -0.640. The first-order chi connectivity index (χ1) is 8.96. The Morgan fingerprint density at radius 2 is 2.15 bits per heavy atom. The second-order valence-electron chi connectivity index (χ2n) is 4.47. The average molecular weight is 325 g/mol. The number of nitrogens with one attached hydrogen (secondary N) is 1. The van der Waals surface area contributed by atoms with Gasteiger partial charge in [0.05, 0.1) is 12.0 Å². The fourth-order valence-corrected chi connectivity index (χ4v) is 3.76. The molecule has 5 nitrogen and oxygen atoms in total. The molecule has 114 valence electrons. The molecule has 1 aromatic rings. The van der Waals surface area contributed by atoms with E-state index in [0.29, 0.717) is 19.6 Å². The van der Waals surface area contributed by atoms with Crippen LogP contribution in [0.4, 0.5) is 4.39 Å². The SMILES string of the molecule is COc1cc(S(=O)(=O)N2CCNCC2C)ccc1F.Cl. The second-order valence-corrected chi connectivity index (χ2v) is 6.36. The van der Waals surface area contributed by atoms with E-state index in [2.05, 4.69) is 5.32 Å². The Balaban J connectivity index is 0.00000200. The van der Waals surface area contributed by atoms with Crippen LogP contribution in [0.15, 0.2) is 23.1 Å². The number of rotatable bonds is 3. The van der Waals surface area contributed by atoms with Gasteiger partial charge in [-0.2, -0.15) is 4.31 Å². The molecule has 2 rings (SSSR count). The Morgan fingerprint density at radius 3 is 2.75 bits per heavy atom. The minimum atomic E-state index is -3.61. The summed E-state index contributed by atoms with van der Waals surface area (Å²) in [7, 11) is -2.31. The molecule has 1 fully saturated rings. The zero-order valence-electron chi connectivity index (χ0n) is 11.3. The van der Waals surface area contributed by atoms with E-state index in [9.17, 15) is 12.8 Å². The summed E-state index contributed by atoms with van der Waals surface area (Å²) in [6, 6.07) is 3.47. The predicted molar refractivity (Wildman–Crippen MR) is 76.4 cm³/mol. The van der Waals surface area contributed by atoms with Gasteiger partial charge in [0.1, 0.15) is 0 Å². The number of nitrogens with zero attached hydrogens (tertiary/aromatic N) is 1. The fourth-order valence-electron chi connectivity index (χ4n) is 2.12. The third-order valence-corrected chi connectivity index (χ3v) is 5.18. The van der Waals surface area contributed by atoms with Gasteiger partial charge in [-0.3, -0.25) is 0 Å².